The van der Waals surface area contributed by atoms with E-state index in [1.54, 1.807) is 18.3 Å². The van der Waals surface area contributed by atoms with Crippen molar-refractivity contribution in [3.05, 3.63) is 46.6 Å². The van der Waals surface area contributed by atoms with Crippen molar-refractivity contribution in [1.29, 1.82) is 0 Å². The van der Waals surface area contributed by atoms with Gasteiger partial charge in [-0.3, -0.25) is 4.40 Å². The van der Waals surface area contributed by atoms with Gasteiger partial charge in [-0.25, -0.2) is 9.48 Å². The maximum atomic E-state index is 12.2. The number of nitrogens with zero attached hydrogens (tertiary/aromatic N) is 5. The number of rotatable bonds is 3. The molecule has 1 fully saturated rings. The van der Waals surface area contributed by atoms with Crippen LogP contribution in [-0.2, 0) is 12.1 Å². The van der Waals surface area contributed by atoms with Gasteiger partial charge in [-0.15, -0.1) is 17.5 Å². The lowest BCUT2D eigenvalue weighted by Gasteiger charge is -2.17. The summed E-state index contributed by atoms with van der Waals surface area (Å²) in [6.45, 7) is 0.142. The standard InChI is InChI=1S/C14H16N6O2.ClH/c15-14(6-2-3-7-14)12-16-11(22-18-12)9-20-13(21)19-8-4-1-5-10(19)17-20;/h1,4-5,8H,2-3,6-7,9,15H2;1H. The van der Waals surface area contributed by atoms with Crippen LogP contribution >= 0.6 is 12.4 Å². The predicted octanol–water partition coefficient (Wildman–Crippen LogP) is 1.08. The highest BCUT2D eigenvalue weighted by atomic mass is 35.5. The molecule has 0 amide bonds. The quantitative estimate of drug-likeness (QED) is 0.767. The van der Waals surface area contributed by atoms with Crippen LogP contribution in [0.5, 0.6) is 0 Å². The molecule has 3 heterocycles. The molecule has 9 heteroatoms. The van der Waals surface area contributed by atoms with Gasteiger partial charge in [0, 0.05) is 6.20 Å². The van der Waals surface area contributed by atoms with Gasteiger partial charge in [0.2, 0.25) is 5.89 Å². The molecule has 0 bridgehead atoms. The lowest BCUT2D eigenvalue weighted by Crippen LogP contribution is -2.34. The lowest BCUT2D eigenvalue weighted by atomic mass is 9.99. The normalized spacial score (nSPS) is 16.6. The molecule has 0 radical (unpaired) electrons. The minimum Gasteiger partial charge on any atom is -0.337 e. The van der Waals surface area contributed by atoms with Gasteiger partial charge in [0.15, 0.2) is 11.5 Å². The van der Waals surface area contributed by atoms with Crippen molar-refractivity contribution in [2.75, 3.05) is 0 Å². The number of halogens is 1. The molecule has 0 saturated heterocycles. The van der Waals surface area contributed by atoms with Crippen molar-refractivity contribution < 1.29 is 4.52 Å². The number of hydrogen-bond acceptors (Lipinski definition) is 6. The summed E-state index contributed by atoms with van der Waals surface area (Å²) in [6.07, 6.45) is 5.55. The first-order chi connectivity index (χ1) is 10.7. The van der Waals surface area contributed by atoms with Gasteiger partial charge < -0.3 is 10.3 Å². The van der Waals surface area contributed by atoms with Crippen LogP contribution in [0.3, 0.4) is 0 Å². The van der Waals surface area contributed by atoms with E-state index in [1.807, 2.05) is 6.07 Å². The Kier molecular flexibility index (Phi) is 3.95. The van der Waals surface area contributed by atoms with Crippen molar-refractivity contribution in [2.45, 2.75) is 37.8 Å². The summed E-state index contributed by atoms with van der Waals surface area (Å²) < 4.78 is 8.03. The Bertz CT molecular complexity index is 877. The van der Waals surface area contributed by atoms with Gasteiger partial charge in [0.25, 0.3) is 0 Å². The van der Waals surface area contributed by atoms with Crippen LogP contribution in [0.25, 0.3) is 5.65 Å². The molecular weight excluding hydrogens is 320 g/mol. The van der Waals surface area contributed by atoms with Crippen LogP contribution in [-0.4, -0.2) is 24.3 Å². The van der Waals surface area contributed by atoms with Crippen molar-refractivity contribution in [1.82, 2.24) is 24.3 Å². The fraction of sp³-hybridized carbons (Fsp3) is 0.429. The topological polar surface area (TPSA) is 104 Å². The van der Waals surface area contributed by atoms with E-state index >= 15 is 0 Å². The Morgan fingerprint density at radius 3 is 2.83 bits per heavy atom. The first kappa shape index (κ1) is 15.7. The molecule has 2 N–H and O–H groups in total. The summed E-state index contributed by atoms with van der Waals surface area (Å²) in [5.74, 6) is 0.869. The first-order valence-corrected chi connectivity index (χ1v) is 7.32. The van der Waals surface area contributed by atoms with Crippen molar-refractivity contribution >= 4 is 18.1 Å². The maximum Gasteiger partial charge on any atom is 0.350 e. The Morgan fingerprint density at radius 2 is 2.09 bits per heavy atom. The Labute approximate surface area is 137 Å². The molecule has 1 aliphatic carbocycles. The molecule has 1 saturated carbocycles. The molecule has 0 atom stereocenters. The van der Waals surface area contributed by atoms with Gasteiger partial charge in [-0.2, -0.15) is 4.98 Å². The molecule has 8 nitrogen and oxygen atoms in total. The van der Waals surface area contributed by atoms with Gasteiger partial charge in [0.1, 0.15) is 6.54 Å². The van der Waals surface area contributed by atoms with E-state index in [0.29, 0.717) is 17.4 Å². The second-order valence-electron chi connectivity index (χ2n) is 5.74. The first-order valence-electron chi connectivity index (χ1n) is 7.32. The third kappa shape index (κ3) is 2.64. The predicted molar refractivity (Wildman–Crippen MR) is 84.4 cm³/mol. The minimum atomic E-state index is -0.494. The van der Waals surface area contributed by atoms with E-state index in [1.165, 1.54) is 9.08 Å². The zero-order valence-electron chi connectivity index (χ0n) is 12.4. The highest BCUT2D eigenvalue weighted by molar-refractivity contribution is 5.85. The summed E-state index contributed by atoms with van der Waals surface area (Å²) >= 11 is 0. The van der Waals surface area contributed by atoms with Crippen LogP contribution in [0.4, 0.5) is 0 Å². The highest BCUT2D eigenvalue weighted by Gasteiger charge is 2.36. The molecule has 3 aromatic heterocycles. The average molecular weight is 337 g/mol. The van der Waals surface area contributed by atoms with Crippen molar-refractivity contribution in [3.63, 3.8) is 0 Å². The summed E-state index contributed by atoms with van der Waals surface area (Å²) in [5, 5.41) is 8.23. The fourth-order valence-electron chi connectivity index (χ4n) is 2.95. The average Bonchev–Trinajstić information content (AvgIpc) is 3.22. The van der Waals surface area contributed by atoms with Crippen LogP contribution < -0.4 is 11.4 Å². The third-order valence-electron chi connectivity index (χ3n) is 4.18. The molecule has 0 aromatic carbocycles. The second kappa shape index (κ2) is 5.78. The number of fused-ring (bicyclic) bond motifs is 1. The third-order valence-corrected chi connectivity index (χ3v) is 4.18. The van der Waals surface area contributed by atoms with Gasteiger partial charge in [-0.05, 0) is 25.0 Å². The second-order valence-corrected chi connectivity index (χ2v) is 5.74. The summed E-state index contributed by atoms with van der Waals surface area (Å²) in [5.41, 5.74) is 6.16. The van der Waals surface area contributed by atoms with E-state index in [-0.39, 0.29) is 24.6 Å². The van der Waals surface area contributed by atoms with Gasteiger partial charge in [0.05, 0.1) is 5.54 Å². The SMILES string of the molecule is Cl.NC1(c2noc(Cn3nc4ccccn4c3=O)n2)CCCC1. The van der Waals surface area contributed by atoms with Crippen LogP contribution in [0.15, 0.2) is 33.7 Å². The van der Waals surface area contributed by atoms with E-state index in [0.717, 1.165) is 25.7 Å². The smallest absolute Gasteiger partial charge is 0.337 e. The largest absolute Gasteiger partial charge is 0.350 e. The highest BCUT2D eigenvalue weighted by Crippen LogP contribution is 2.34. The summed E-state index contributed by atoms with van der Waals surface area (Å²) in [7, 11) is 0. The maximum absolute atomic E-state index is 12.2. The van der Waals surface area contributed by atoms with E-state index in [4.69, 9.17) is 10.3 Å². The molecule has 1 aliphatic rings. The summed E-state index contributed by atoms with van der Waals surface area (Å²) in [6, 6.07) is 5.38. The van der Waals surface area contributed by atoms with Crippen LogP contribution in [0.2, 0.25) is 0 Å². The van der Waals surface area contributed by atoms with Crippen LogP contribution in [0.1, 0.15) is 37.4 Å². The number of hydrogen-bond donors (Lipinski definition) is 1. The number of pyridine rings is 1. The Hall–Kier alpha value is -2.19. The van der Waals surface area contributed by atoms with Crippen molar-refractivity contribution in [2.24, 2.45) is 5.73 Å². The molecule has 122 valence electrons. The number of aromatic nitrogens is 5. The van der Waals surface area contributed by atoms with Gasteiger partial charge >= 0.3 is 5.69 Å². The zero-order valence-corrected chi connectivity index (χ0v) is 13.2. The Morgan fingerprint density at radius 1 is 1.30 bits per heavy atom. The molecule has 0 spiro atoms. The van der Waals surface area contributed by atoms with E-state index in [9.17, 15) is 4.79 Å². The molecule has 23 heavy (non-hydrogen) atoms. The Balaban J connectivity index is 0.00000156. The molecule has 4 rings (SSSR count). The van der Waals surface area contributed by atoms with Crippen LogP contribution in [0, 0.1) is 0 Å². The molecular formula is C14H17ClN6O2. The van der Waals surface area contributed by atoms with Crippen molar-refractivity contribution in [3.8, 4) is 0 Å². The minimum absolute atomic E-state index is 0. The molecule has 3 aromatic rings. The molecule has 0 unspecified atom stereocenters. The van der Waals surface area contributed by atoms with E-state index < -0.39 is 5.54 Å². The number of nitrogens with two attached hydrogens (primary N) is 1. The van der Waals surface area contributed by atoms with Gasteiger partial charge in [-0.1, -0.05) is 24.1 Å². The summed E-state index contributed by atoms with van der Waals surface area (Å²) in [4.78, 5) is 16.6. The molecule has 0 aliphatic heterocycles. The lowest BCUT2D eigenvalue weighted by molar-refractivity contribution is 0.340. The fourth-order valence-corrected chi connectivity index (χ4v) is 2.95. The monoisotopic (exact) mass is 336 g/mol. The van der Waals surface area contributed by atoms with E-state index in [2.05, 4.69) is 15.2 Å². The zero-order chi connectivity index (χ0) is 15.2.